The van der Waals surface area contributed by atoms with Crippen LogP contribution in [-0.2, 0) is 4.79 Å². The molecule has 1 rings (SSSR count). The number of rotatable bonds is 3. The van der Waals surface area contributed by atoms with E-state index in [0.717, 1.165) is 0 Å². The molecule has 0 radical (unpaired) electrons. The predicted octanol–water partition coefficient (Wildman–Crippen LogP) is 0.916. The van der Waals surface area contributed by atoms with Crippen LogP contribution < -0.4 is 16.8 Å². The van der Waals surface area contributed by atoms with Gasteiger partial charge < -0.3 is 16.8 Å². The van der Waals surface area contributed by atoms with E-state index in [-0.39, 0.29) is 10.6 Å². The van der Waals surface area contributed by atoms with E-state index in [1.54, 1.807) is 6.07 Å². The van der Waals surface area contributed by atoms with Crippen LogP contribution in [0.1, 0.15) is 24.2 Å². The van der Waals surface area contributed by atoms with Crippen molar-refractivity contribution in [2.24, 2.45) is 5.73 Å². The van der Waals surface area contributed by atoms with Gasteiger partial charge in [-0.15, -0.1) is 0 Å². The molecular weight excluding hydrogens is 242 g/mol. The minimum absolute atomic E-state index is 0.225. The highest BCUT2D eigenvalue weighted by atomic mass is 35.5. The first-order valence-electron chi connectivity index (χ1n) is 4.91. The third kappa shape index (κ3) is 3.10. The van der Waals surface area contributed by atoms with Crippen molar-refractivity contribution in [2.45, 2.75) is 19.4 Å². The van der Waals surface area contributed by atoms with Crippen LogP contribution in [0.3, 0.4) is 0 Å². The van der Waals surface area contributed by atoms with Gasteiger partial charge >= 0.3 is 0 Å². The number of hydrogen-bond donors (Lipinski definition) is 3. The van der Waals surface area contributed by atoms with Crippen molar-refractivity contribution in [1.29, 1.82) is 0 Å². The molecule has 5 nitrogen and oxygen atoms in total. The second-order valence-electron chi connectivity index (χ2n) is 4.18. The minimum Gasteiger partial charge on any atom is -0.399 e. The zero-order valence-corrected chi connectivity index (χ0v) is 10.3. The lowest BCUT2D eigenvalue weighted by molar-refractivity contribution is -0.122. The zero-order valence-electron chi connectivity index (χ0n) is 9.58. The summed E-state index contributed by atoms with van der Waals surface area (Å²) in [6, 6.07) is 4.51. The van der Waals surface area contributed by atoms with Crippen LogP contribution in [0.5, 0.6) is 0 Å². The Balaban J connectivity index is 2.95. The SMILES string of the molecule is CC(C)(NC(=O)c1ccc(N)cc1Cl)C(N)=O. The summed E-state index contributed by atoms with van der Waals surface area (Å²) >= 11 is 5.88. The number of carbonyl (C=O) groups excluding carboxylic acids is 2. The lowest BCUT2D eigenvalue weighted by Crippen LogP contribution is -2.53. The fourth-order valence-corrected chi connectivity index (χ4v) is 1.40. The molecule has 0 heterocycles. The van der Waals surface area contributed by atoms with Crippen LogP contribution in [0.15, 0.2) is 18.2 Å². The largest absolute Gasteiger partial charge is 0.399 e. The normalized spacial score (nSPS) is 11.0. The van der Waals surface area contributed by atoms with E-state index in [9.17, 15) is 9.59 Å². The minimum atomic E-state index is -1.14. The maximum Gasteiger partial charge on any atom is 0.253 e. The molecule has 0 atom stereocenters. The average Bonchev–Trinajstić information content (AvgIpc) is 2.15. The number of primary amides is 1. The molecule has 92 valence electrons. The van der Waals surface area contributed by atoms with Gasteiger partial charge in [-0.3, -0.25) is 9.59 Å². The second kappa shape index (κ2) is 4.63. The number of amides is 2. The molecule has 0 aromatic heterocycles. The van der Waals surface area contributed by atoms with Crippen molar-refractivity contribution in [3.05, 3.63) is 28.8 Å². The van der Waals surface area contributed by atoms with Gasteiger partial charge in [-0.2, -0.15) is 0 Å². The highest BCUT2D eigenvalue weighted by Gasteiger charge is 2.27. The molecule has 17 heavy (non-hydrogen) atoms. The van der Waals surface area contributed by atoms with E-state index < -0.39 is 17.4 Å². The van der Waals surface area contributed by atoms with Crippen molar-refractivity contribution < 1.29 is 9.59 Å². The van der Waals surface area contributed by atoms with Crippen LogP contribution in [-0.4, -0.2) is 17.4 Å². The van der Waals surface area contributed by atoms with Gasteiger partial charge in [0.15, 0.2) is 0 Å². The molecule has 0 aliphatic rings. The van der Waals surface area contributed by atoms with E-state index >= 15 is 0 Å². The molecule has 5 N–H and O–H groups in total. The van der Waals surface area contributed by atoms with Gasteiger partial charge in [0, 0.05) is 5.69 Å². The summed E-state index contributed by atoms with van der Waals surface area (Å²) in [5.41, 5.74) is 10.2. The Morgan fingerprint density at radius 2 is 1.94 bits per heavy atom. The van der Waals surface area contributed by atoms with E-state index in [4.69, 9.17) is 23.1 Å². The quantitative estimate of drug-likeness (QED) is 0.701. The molecule has 1 aromatic carbocycles. The number of hydrogen-bond acceptors (Lipinski definition) is 3. The molecule has 6 heteroatoms. The van der Waals surface area contributed by atoms with Gasteiger partial charge in [0.05, 0.1) is 10.6 Å². The number of carbonyl (C=O) groups is 2. The molecular formula is C11H14ClN3O2. The lowest BCUT2D eigenvalue weighted by atomic mass is 10.0. The van der Waals surface area contributed by atoms with Gasteiger partial charge in [0.25, 0.3) is 5.91 Å². The smallest absolute Gasteiger partial charge is 0.253 e. The van der Waals surface area contributed by atoms with Crippen LogP contribution in [0.2, 0.25) is 5.02 Å². The Kier molecular flexibility index (Phi) is 3.63. The molecule has 0 bridgehead atoms. The van der Waals surface area contributed by atoms with Crippen molar-refractivity contribution >= 4 is 29.1 Å². The first-order chi connectivity index (χ1) is 7.74. The van der Waals surface area contributed by atoms with E-state index in [1.807, 2.05) is 0 Å². The molecule has 1 aromatic rings. The third-order valence-corrected chi connectivity index (χ3v) is 2.59. The summed E-state index contributed by atoms with van der Waals surface area (Å²) in [6.45, 7) is 3.02. The monoisotopic (exact) mass is 255 g/mol. The van der Waals surface area contributed by atoms with Crippen molar-refractivity contribution in [3.63, 3.8) is 0 Å². The molecule has 0 unspecified atom stereocenters. The highest BCUT2D eigenvalue weighted by Crippen LogP contribution is 2.19. The summed E-state index contributed by atoms with van der Waals surface area (Å²) in [4.78, 5) is 22.9. The fourth-order valence-electron chi connectivity index (χ4n) is 1.13. The molecule has 0 fully saturated rings. The maximum atomic E-state index is 11.9. The summed E-state index contributed by atoms with van der Waals surface area (Å²) in [5, 5.41) is 2.72. The van der Waals surface area contributed by atoms with E-state index in [2.05, 4.69) is 5.32 Å². The Morgan fingerprint density at radius 1 is 1.35 bits per heavy atom. The molecule has 0 aliphatic heterocycles. The zero-order chi connectivity index (χ0) is 13.2. The number of nitrogens with one attached hydrogen (secondary N) is 1. The molecule has 0 aliphatic carbocycles. The summed E-state index contributed by atoms with van der Waals surface area (Å²) < 4.78 is 0. The summed E-state index contributed by atoms with van der Waals surface area (Å²) in [7, 11) is 0. The Labute approximate surface area is 104 Å². The molecule has 0 spiro atoms. The van der Waals surface area contributed by atoms with Gasteiger partial charge in [-0.05, 0) is 32.0 Å². The van der Waals surface area contributed by atoms with E-state index in [1.165, 1.54) is 26.0 Å². The Hall–Kier alpha value is -1.75. The van der Waals surface area contributed by atoms with Gasteiger partial charge in [0.2, 0.25) is 5.91 Å². The van der Waals surface area contributed by atoms with Crippen LogP contribution in [0, 0.1) is 0 Å². The Bertz CT molecular complexity index is 472. The highest BCUT2D eigenvalue weighted by molar-refractivity contribution is 6.34. The molecule has 0 saturated heterocycles. The second-order valence-corrected chi connectivity index (χ2v) is 4.59. The fraction of sp³-hybridized carbons (Fsp3) is 0.273. The van der Waals surface area contributed by atoms with Crippen molar-refractivity contribution in [3.8, 4) is 0 Å². The Morgan fingerprint density at radius 3 is 2.41 bits per heavy atom. The number of nitrogen functional groups attached to an aromatic ring is 1. The summed E-state index contributed by atoms with van der Waals surface area (Å²) in [5.74, 6) is -1.10. The van der Waals surface area contributed by atoms with E-state index in [0.29, 0.717) is 5.69 Å². The van der Waals surface area contributed by atoms with Crippen molar-refractivity contribution in [2.75, 3.05) is 5.73 Å². The van der Waals surface area contributed by atoms with Gasteiger partial charge in [-0.25, -0.2) is 0 Å². The third-order valence-electron chi connectivity index (χ3n) is 2.28. The van der Waals surface area contributed by atoms with Crippen LogP contribution in [0.25, 0.3) is 0 Å². The maximum absolute atomic E-state index is 11.9. The lowest BCUT2D eigenvalue weighted by Gasteiger charge is -2.22. The van der Waals surface area contributed by atoms with Crippen LogP contribution >= 0.6 is 11.6 Å². The average molecular weight is 256 g/mol. The predicted molar refractivity (Wildman–Crippen MR) is 66.6 cm³/mol. The molecule has 0 saturated carbocycles. The van der Waals surface area contributed by atoms with Gasteiger partial charge in [0.1, 0.15) is 5.54 Å². The number of anilines is 1. The number of halogens is 1. The number of nitrogens with two attached hydrogens (primary N) is 2. The van der Waals surface area contributed by atoms with Crippen molar-refractivity contribution in [1.82, 2.24) is 5.32 Å². The first-order valence-corrected chi connectivity index (χ1v) is 5.29. The van der Waals surface area contributed by atoms with Gasteiger partial charge in [-0.1, -0.05) is 11.6 Å². The standard InChI is InChI=1S/C11H14ClN3O2/c1-11(2,10(14)17)15-9(16)7-4-3-6(13)5-8(7)12/h3-5H,13H2,1-2H3,(H2,14,17)(H,15,16). The number of benzene rings is 1. The first kappa shape index (κ1) is 13.3. The van der Waals surface area contributed by atoms with Crippen LogP contribution in [0.4, 0.5) is 5.69 Å². The molecule has 2 amide bonds. The summed E-state index contributed by atoms with van der Waals surface area (Å²) in [6.07, 6.45) is 0. The topological polar surface area (TPSA) is 98.2 Å².